The summed E-state index contributed by atoms with van der Waals surface area (Å²) in [7, 11) is 0. The molecule has 0 saturated carbocycles. The molecule has 0 aromatic carbocycles. The summed E-state index contributed by atoms with van der Waals surface area (Å²) < 4.78 is 6.06. The Morgan fingerprint density at radius 1 is 1.37 bits per heavy atom. The van der Waals surface area contributed by atoms with E-state index in [1.807, 2.05) is 4.98 Å². The predicted octanol–water partition coefficient (Wildman–Crippen LogP) is -3.49. The van der Waals surface area contributed by atoms with Gasteiger partial charge < -0.3 is 25.2 Å². The zero-order valence-electron chi connectivity index (χ0n) is 9.71. The fourth-order valence-corrected chi connectivity index (χ4v) is 1.97. The summed E-state index contributed by atoms with van der Waals surface area (Å²) >= 11 is 0. The first-order valence-electron chi connectivity index (χ1n) is 5.57. The molecule has 1 fully saturated rings. The highest BCUT2D eigenvalue weighted by molar-refractivity contribution is 4.95. The Bertz CT molecular complexity index is 553. The molecule has 1 saturated heterocycles. The van der Waals surface area contributed by atoms with Gasteiger partial charge in [-0.1, -0.05) is 0 Å². The van der Waals surface area contributed by atoms with E-state index in [0.29, 0.717) is 0 Å². The van der Waals surface area contributed by atoms with Crippen LogP contribution in [-0.4, -0.2) is 61.0 Å². The number of nitrogens with one attached hydrogen (secondary N) is 1. The second-order valence-electron chi connectivity index (χ2n) is 4.24. The molecule has 5 atom stereocenters. The van der Waals surface area contributed by atoms with Gasteiger partial charge in [-0.25, -0.2) is 4.79 Å². The van der Waals surface area contributed by atoms with Crippen LogP contribution in [0.25, 0.3) is 0 Å². The van der Waals surface area contributed by atoms with Gasteiger partial charge in [-0.15, -0.1) is 0 Å². The number of aromatic amines is 1. The number of aliphatic hydroxyl groups is 4. The maximum Gasteiger partial charge on any atom is 0.330 e. The molecule has 9 heteroatoms. The minimum absolute atomic E-state index is 0.610. The van der Waals surface area contributed by atoms with Crippen molar-refractivity contribution < 1.29 is 25.2 Å². The first-order valence-corrected chi connectivity index (χ1v) is 5.57. The van der Waals surface area contributed by atoms with Gasteiger partial charge in [0.2, 0.25) is 0 Å². The smallest absolute Gasteiger partial charge is 0.330 e. The van der Waals surface area contributed by atoms with Gasteiger partial charge in [0.05, 0.1) is 6.61 Å². The van der Waals surface area contributed by atoms with E-state index in [0.717, 1.165) is 16.8 Å². The van der Waals surface area contributed by atoms with Crippen LogP contribution in [0.5, 0.6) is 0 Å². The van der Waals surface area contributed by atoms with E-state index in [1.165, 1.54) is 0 Å². The van der Waals surface area contributed by atoms with E-state index in [1.54, 1.807) is 0 Å². The quantitative estimate of drug-likeness (QED) is 0.384. The molecule has 19 heavy (non-hydrogen) atoms. The number of aromatic nitrogens is 2. The Hall–Kier alpha value is -1.52. The third kappa shape index (κ3) is 2.46. The second-order valence-corrected chi connectivity index (χ2v) is 4.24. The monoisotopic (exact) mass is 274 g/mol. The highest BCUT2D eigenvalue weighted by Crippen LogP contribution is 2.29. The number of nitrogens with zero attached hydrogens (tertiary/aromatic N) is 1. The average molecular weight is 274 g/mol. The maximum atomic E-state index is 11.5. The molecule has 1 aliphatic heterocycles. The molecular formula is C10H14N2O7. The first kappa shape index (κ1) is 13.9. The van der Waals surface area contributed by atoms with Gasteiger partial charge in [0.1, 0.15) is 24.4 Å². The Balaban J connectivity index is 2.31. The van der Waals surface area contributed by atoms with E-state index in [2.05, 4.69) is 0 Å². The molecule has 106 valence electrons. The molecule has 5 N–H and O–H groups in total. The van der Waals surface area contributed by atoms with Gasteiger partial charge in [0.15, 0.2) is 6.23 Å². The first-order chi connectivity index (χ1) is 8.95. The molecule has 1 aromatic rings. The van der Waals surface area contributed by atoms with E-state index in [-0.39, 0.29) is 0 Å². The van der Waals surface area contributed by atoms with E-state index < -0.39 is 48.5 Å². The topological polar surface area (TPSA) is 145 Å². The summed E-state index contributed by atoms with van der Waals surface area (Å²) in [6.45, 7) is -0.665. The molecule has 1 aliphatic rings. The molecule has 1 aromatic heterocycles. The molecule has 0 aliphatic carbocycles. The zero-order valence-corrected chi connectivity index (χ0v) is 9.71. The van der Waals surface area contributed by atoms with Crippen molar-refractivity contribution in [2.24, 2.45) is 0 Å². The number of H-pyrrole nitrogens is 1. The van der Waals surface area contributed by atoms with Gasteiger partial charge in [-0.3, -0.25) is 14.3 Å². The normalized spacial score (nSPS) is 32.4. The van der Waals surface area contributed by atoms with Crippen molar-refractivity contribution in [3.63, 3.8) is 0 Å². The Morgan fingerprint density at radius 3 is 2.63 bits per heavy atom. The molecule has 2 heterocycles. The highest BCUT2D eigenvalue weighted by Gasteiger charge is 2.46. The molecule has 0 amide bonds. The Labute approximate surface area is 106 Å². The lowest BCUT2D eigenvalue weighted by molar-refractivity contribution is -0.0982. The van der Waals surface area contributed by atoms with Crippen LogP contribution in [-0.2, 0) is 4.74 Å². The van der Waals surface area contributed by atoms with Crippen LogP contribution < -0.4 is 11.2 Å². The van der Waals surface area contributed by atoms with Crippen molar-refractivity contribution in [1.29, 1.82) is 0 Å². The molecule has 0 bridgehead atoms. The largest absolute Gasteiger partial charge is 0.394 e. The lowest BCUT2D eigenvalue weighted by Crippen LogP contribution is -2.40. The lowest BCUT2D eigenvalue weighted by atomic mass is 10.1. The minimum atomic E-state index is -1.48. The molecule has 0 unspecified atom stereocenters. The van der Waals surface area contributed by atoms with Crippen molar-refractivity contribution in [1.82, 2.24) is 9.55 Å². The van der Waals surface area contributed by atoms with Crippen LogP contribution in [0.1, 0.15) is 6.23 Å². The number of hydrogen-bond acceptors (Lipinski definition) is 7. The van der Waals surface area contributed by atoms with Gasteiger partial charge >= 0.3 is 5.69 Å². The fraction of sp³-hybridized carbons (Fsp3) is 0.600. The summed E-state index contributed by atoms with van der Waals surface area (Å²) in [5.41, 5.74) is -1.43. The van der Waals surface area contributed by atoms with Crippen LogP contribution in [0.3, 0.4) is 0 Å². The van der Waals surface area contributed by atoms with Crippen molar-refractivity contribution in [3.05, 3.63) is 33.1 Å². The lowest BCUT2D eigenvalue weighted by Gasteiger charge is -2.18. The van der Waals surface area contributed by atoms with E-state index >= 15 is 0 Å². The van der Waals surface area contributed by atoms with Crippen molar-refractivity contribution in [2.75, 3.05) is 6.61 Å². The van der Waals surface area contributed by atoms with Crippen LogP contribution in [0.4, 0.5) is 0 Å². The van der Waals surface area contributed by atoms with Crippen LogP contribution >= 0.6 is 0 Å². The summed E-state index contributed by atoms with van der Waals surface area (Å²) in [6, 6.07) is 1.06. The second kappa shape index (κ2) is 5.23. The van der Waals surface area contributed by atoms with Crippen molar-refractivity contribution >= 4 is 0 Å². The van der Waals surface area contributed by atoms with Crippen molar-refractivity contribution in [3.8, 4) is 0 Å². The predicted molar refractivity (Wildman–Crippen MR) is 60.3 cm³/mol. The van der Waals surface area contributed by atoms with Crippen LogP contribution in [0, 0.1) is 0 Å². The van der Waals surface area contributed by atoms with Crippen LogP contribution in [0.2, 0.25) is 0 Å². The van der Waals surface area contributed by atoms with Gasteiger partial charge in [-0.2, -0.15) is 0 Å². The minimum Gasteiger partial charge on any atom is -0.394 e. The van der Waals surface area contributed by atoms with E-state index in [9.17, 15) is 24.9 Å². The Kier molecular flexibility index (Phi) is 3.83. The maximum absolute atomic E-state index is 11.5. The third-order valence-corrected chi connectivity index (χ3v) is 2.97. The number of aliphatic hydroxyl groups excluding tert-OH is 4. The van der Waals surface area contributed by atoms with E-state index in [4.69, 9.17) is 9.84 Å². The Morgan fingerprint density at radius 2 is 2.05 bits per heavy atom. The van der Waals surface area contributed by atoms with Gasteiger partial charge in [-0.05, 0) is 0 Å². The average Bonchev–Trinajstić information content (AvgIpc) is 2.66. The summed E-state index contributed by atoms with van der Waals surface area (Å²) in [5.74, 6) is 0. The zero-order chi connectivity index (χ0) is 14.2. The molecule has 9 nitrogen and oxygen atoms in total. The number of hydrogen-bond donors (Lipinski definition) is 5. The van der Waals surface area contributed by atoms with Crippen molar-refractivity contribution in [2.45, 2.75) is 30.6 Å². The SMILES string of the molecule is O=c1ccn([C@H]2O[C@@H]([C@H](O)CO)[C@@H](O)[C@H]2O)c(=O)[nH]1. The molecule has 2 rings (SSSR count). The highest BCUT2D eigenvalue weighted by atomic mass is 16.6. The molecular weight excluding hydrogens is 260 g/mol. The summed E-state index contributed by atoms with van der Waals surface area (Å²) in [4.78, 5) is 24.5. The number of ether oxygens (including phenoxy) is 1. The van der Waals surface area contributed by atoms with Gasteiger partial charge in [0, 0.05) is 12.3 Å². The number of rotatable bonds is 3. The van der Waals surface area contributed by atoms with Crippen LogP contribution in [0.15, 0.2) is 21.9 Å². The summed E-state index contributed by atoms with van der Waals surface area (Å²) in [5, 5.41) is 37.7. The summed E-state index contributed by atoms with van der Waals surface area (Å²) in [6.07, 6.45) is -5.72. The molecule has 0 radical (unpaired) electrons. The standard InChI is InChI=1S/C10H14N2O7/c13-3-4(14)8-6(16)7(17)9(19-8)12-2-1-5(15)11-10(12)18/h1-2,4,6-9,13-14,16-17H,3H2,(H,11,15,18)/t4-,6+,7-,8+,9+/m1/s1. The third-order valence-electron chi connectivity index (χ3n) is 2.97. The fourth-order valence-electron chi connectivity index (χ4n) is 1.97. The molecule has 0 spiro atoms. The van der Waals surface area contributed by atoms with Gasteiger partial charge in [0.25, 0.3) is 5.56 Å².